The highest BCUT2D eigenvalue weighted by Gasteiger charge is 2.27. The lowest BCUT2D eigenvalue weighted by atomic mass is 9.81. The molecule has 68 valence electrons. The molecule has 0 heterocycles. The smallest absolute Gasteiger partial charge is 0.278 e. The third kappa shape index (κ3) is 2.95. The Morgan fingerprint density at radius 3 is 2.67 bits per heavy atom. The summed E-state index contributed by atoms with van der Waals surface area (Å²) >= 11 is 0. The minimum absolute atomic E-state index is 0.426. The molecule has 3 nitrogen and oxygen atoms in total. The number of nitrogens with one attached hydrogen (secondary N) is 1. The fourth-order valence-corrected chi connectivity index (χ4v) is 1.66. The summed E-state index contributed by atoms with van der Waals surface area (Å²) in [5.41, 5.74) is -0.473. The molecule has 12 heavy (non-hydrogen) atoms. The van der Waals surface area contributed by atoms with Gasteiger partial charge in [-0.1, -0.05) is 0 Å². The molecule has 1 aliphatic rings. The Hall–Kier alpha value is -0.345. The second kappa shape index (κ2) is 4.05. The average Bonchev–Trinajstić information content (AvgIpc) is 2.03. The maximum absolute atomic E-state index is 10.1. The summed E-state index contributed by atoms with van der Waals surface area (Å²) < 4.78 is 0. The Labute approximate surface area is 73.8 Å². The molecule has 0 aliphatic heterocycles. The largest absolute Gasteiger partial charge is 0.390 e. The van der Waals surface area contributed by atoms with Gasteiger partial charge in [0.05, 0.1) is 11.8 Å². The maximum Gasteiger partial charge on any atom is 0.278 e. The highest BCUT2D eigenvalue weighted by atomic mass is 16.3. The predicted octanol–water partition coefficient (Wildman–Crippen LogP) is -0.189. The zero-order chi connectivity index (χ0) is 9.03. The first-order valence-corrected chi connectivity index (χ1v) is 4.53. The Kier molecular flexibility index (Phi) is 3.29. The molecule has 1 aliphatic carbocycles. The molecule has 0 atom stereocenters. The molecule has 0 aromatic rings. The Bertz CT molecular complexity index is 151. The Morgan fingerprint density at radius 2 is 2.17 bits per heavy atom. The van der Waals surface area contributed by atoms with Crippen LogP contribution in [0.15, 0.2) is 0 Å². The van der Waals surface area contributed by atoms with Crippen LogP contribution in [0.3, 0.4) is 0 Å². The van der Waals surface area contributed by atoms with E-state index in [1.54, 1.807) is 0 Å². The summed E-state index contributed by atoms with van der Waals surface area (Å²) in [6, 6.07) is 0.426. The molecule has 0 aromatic carbocycles. The van der Waals surface area contributed by atoms with Crippen molar-refractivity contribution in [3.8, 4) is 0 Å². The number of carbonyl (C=O) groups excluding carboxylic acids is 1. The van der Waals surface area contributed by atoms with Gasteiger partial charge >= 0.3 is 0 Å². The van der Waals surface area contributed by atoms with Gasteiger partial charge in [0.15, 0.2) is 0 Å². The summed E-state index contributed by atoms with van der Waals surface area (Å²) in [7, 11) is 0.437. The number of carbonyl (C=O) groups is 1. The van der Waals surface area contributed by atoms with Crippen molar-refractivity contribution in [2.75, 3.05) is 0 Å². The van der Waals surface area contributed by atoms with Crippen LogP contribution >= 0.6 is 0 Å². The van der Waals surface area contributed by atoms with E-state index in [9.17, 15) is 9.90 Å². The molecule has 0 unspecified atom stereocenters. The van der Waals surface area contributed by atoms with Gasteiger partial charge in [0.1, 0.15) is 0 Å². The summed E-state index contributed by atoms with van der Waals surface area (Å²) in [4.78, 5) is 10.1. The average molecular weight is 169 g/mol. The van der Waals surface area contributed by atoms with Gasteiger partial charge in [-0.25, -0.2) is 0 Å². The minimum atomic E-state index is -0.473. The standard InChI is InChI=1S/C8H16BNO2/c1-8(12)4-2-7(3-5-8)10-9-6-11/h6-7,9-10,12H,2-5H2,1H3/t7-,8-. The van der Waals surface area contributed by atoms with Crippen molar-refractivity contribution < 1.29 is 9.90 Å². The van der Waals surface area contributed by atoms with Crippen molar-refractivity contribution in [3.05, 3.63) is 0 Å². The number of rotatable bonds is 3. The highest BCUT2D eigenvalue weighted by Crippen LogP contribution is 2.27. The molecule has 4 heteroatoms. The molecule has 0 saturated heterocycles. The van der Waals surface area contributed by atoms with Crippen LogP contribution < -0.4 is 5.23 Å². The van der Waals surface area contributed by atoms with Gasteiger partial charge in [0.2, 0.25) is 0 Å². The predicted molar refractivity (Wildman–Crippen MR) is 49.9 cm³/mol. The van der Waals surface area contributed by atoms with Crippen LogP contribution in [0.4, 0.5) is 0 Å². The van der Waals surface area contributed by atoms with E-state index in [1.807, 2.05) is 6.92 Å². The van der Waals surface area contributed by atoms with Crippen LogP contribution in [0.5, 0.6) is 0 Å². The van der Waals surface area contributed by atoms with Crippen LogP contribution in [0.25, 0.3) is 0 Å². The molecule has 0 aromatic heterocycles. The first-order chi connectivity index (χ1) is 5.64. The van der Waals surface area contributed by atoms with Crippen LogP contribution in [-0.4, -0.2) is 30.3 Å². The first-order valence-electron chi connectivity index (χ1n) is 4.53. The molecule has 2 N–H and O–H groups in total. The van der Waals surface area contributed by atoms with Gasteiger partial charge in [-0.3, -0.25) is 0 Å². The van der Waals surface area contributed by atoms with Crippen molar-refractivity contribution in [3.63, 3.8) is 0 Å². The lowest BCUT2D eigenvalue weighted by molar-refractivity contribution is 0.0163. The van der Waals surface area contributed by atoms with E-state index >= 15 is 0 Å². The van der Waals surface area contributed by atoms with Crippen LogP contribution in [-0.2, 0) is 4.79 Å². The minimum Gasteiger partial charge on any atom is -0.390 e. The van der Waals surface area contributed by atoms with E-state index in [1.165, 1.54) is 0 Å². The molecule has 0 amide bonds. The van der Waals surface area contributed by atoms with Gasteiger partial charge in [-0.15, -0.1) is 0 Å². The van der Waals surface area contributed by atoms with Crippen LogP contribution in [0.2, 0.25) is 0 Å². The molecular formula is C8H16BNO2. The van der Waals surface area contributed by atoms with Crippen molar-refractivity contribution in [1.82, 2.24) is 5.23 Å². The second-order valence-corrected chi connectivity index (χ2v) is 3.85. The molecule has 0 bridgehead atoms. The molecule has 0 radical (unpaired) electrons. The molecule has 0 spiro atoms. The lowest BCUT2D eigenvalue weighted by Gasteiger charge is -2.33. The van der Waals surface area contributed by atoms with Crippen LogP contribution in [0, 0.1) is 0 Å². The Morgan fingerprint density at radius 1 is 1.58 bits per heavy atom. The zero-order valence-electron chi connectivity index (χ0n) is 7.55. The van der Waals surface area contributed by atoms with Gasteiger partial charge in [-0.2, -0.15) is 0 Å². The monoisotopic (exact) mass is 169 g/mol. The first kappa shape index (κ1) is 9.74. The van der Waals surface area contributed by atoms with E-state index in [0.29, 0.717) is 13.5 Å². The summed E-state index contributed by atoms with van der Waals surface area (Å²) in [6.07, 6.45) is 4.50. The second-order valence-electron chi connectivity index (χ2n) is 3.85. The molecular weight excluding hydrogens is 153 g/mol. The number of hydrogen-bond acceptors (Lipinski definition) is 3. The normalized spacial score (nSPS) is 36.0. The summed E-state index contributed by atoms with van der Waals surface area (Å²) in [5, 5.41) is 12.8. The van der Waals surface area contributed by atoms with Crippen LogP contribution in [0.1, 0.15) is 32.6 Å². The van der Waals surface area contributed by atoms with Gasteiger partial charge < -0.3 is 15.1 Å². The fraction of sp³-hybridized carbons (Fsp3) is 0.875. The summed E-state index contributed by atoms with van der Waals surface area (Å²) in [6.45, 7) is 1.88. The Balaban J connectivity index is 2.22. The number of aliphatic hydroxyl groups is 1. The van der Waals surface area contributed by atoms with Gasteiger partial charge in [-0.05, 0) is 38.6 Å². The topological polar surface area (TPSA) is 49.3 Å². The van der Waals surface area contributed by atoms with Crippen molar-refractivity contribution >= 4 is 13.6 Å². The van der Waals surface area contributed by atoms with E-state index in [0.717, 1.165) is 31.9 Å². The van der Waals surface area contributed by atoms with E-state index < -0.39 is 5.60 Å². The van der Waals surface area contributed by atoms with E-state index in [2.05, 4.69) is 5.23 Å². The molecule has 1 fully saturated rings. The quantitative estimate of drug-likeness (QED) is 0.454. The lowest BCUT2D eigenvalue weighted by Crippen LogP contribution is -2.41. The molecule has 1 rings (SSSR count). The number of hydrogen-bond donors (Lipinski definition) is 2. The van der Waals surface area contributed by atoms with Crippen molar-refractivity contribution in [1.29, 1.82) is 0 Å². The van der Waals surface area contributed by atoms with Gasteiger partial charge in [0.25, 0.3) is 7.41 Å². The van der Waals surface area contributed by atoms with Gasteiger partial charge in [0, 0.05) is 0 Å². The van der Waals surface area contributed by atoms with Crippen molar-refractivity contribution in [2.45, 2.75) is 44.2 Å². The fourth-order valence-electron chi connectivity index (χ4n) is 1.66. The summed E-state index contributed by atoms with van der Waals surface area (Å²) in [5.74, 6) is 0. The van der Waals surface area contributed by atoms with E-state index in [-0.39, 0.29) is 0 Å². The SMILES string of the molecule is C[C@]1(O)CC[C@H](NBC=O)CC1. The maximum atomic E-state index is 10.1. The van der Waals surface area contributed by atoms with E-state index in [4.69, 9.17) is 0 Å². The highest BCUT2D eigenvalue weighted by molar-refractivity contribution is 6.64. The molecule has 1 saturated carbocycles. The zero-order valence-corrected chi connectivity index (χ0v) is 7.55. The third-order valence-electron chi connectivity index (χ3n) is 2.55. The van der Waals surface area contributed by atoms with Crippen molar-refractivity contribution in [2.24, 2.45) is 0 Å². The third-order valence-corrected chi connectivity index (χ3v) is 2.55.